The molecule has 0 aliphatic rings. The summed E-state index contributed by atoms with van der Waals surface area (Å²) in [7, 11) is 0. The van der Waals surface area contributed by atoms with E-state index >= 15 is 0 Å². The molecule has 0 saturated heterocycles. The fourth-order valence-electron chi connectivity index (χ4n) is 2.29. The van der Waals surface area contributed by atoms with Crippen molar-refractivity contribution in [3.8, 4) is 11.5 Å². The number of benzene rings is 1. The van der Waals surface area contributed by atoms with Crippen molar-refractivity contribution in [1.29, 1.82) is 0 Å². The van der Waals surface area contributed by atoms with Crippen molar-refractivity contribution in [2.75, 3.05) is 0 Å². The van der Waals surface area contributed by atoms with Gasteiger partial charge in [0.2, 0.25) is 5.89 Å². The SMILES string of the molecule is Cc1cc2nc(CSc3nnc(-c4cccc(Cl)c4)o3)cc(=O)n2o1. The lowest BCUT2D eigenvalue weighted by atomic mass is 10.2. The number of hydrogen-bond donors (Lipinski definition) is 0. The van der Waals surface area contributed by atoms with Gasteiger partial charge >= 0.3 is 0 Å². The Hall–Kier alpha value is -2.58. The fraction of sp³-hybridized carbons (Fsp3) is 0.125. The molecule has 7 nitrogen and oxygen atoms in total. The predicted octanol–water partition coefficient (Wildman–Crippen LogP) is 3.59. The van der Waals surface area contributed by atoms with Crippen LogP contribution in [0.15, 0.2) is 55.4 Å². The molecule has 0 unspecified atom stereocenters. The van der Waals surface area contributed by atoms with Crippen molar-refractivity contribution in [3.05, 3.63) is 63.2 Å². The Labute approximate surface area is 150 Å². The van der Waals surface area contributed by atoms with Gasteiger partial charge in [0, 0.05) is 28.5 Å². The number of thioether (sulfide) groups is 1. The molecule has 0 aliphatic heterocycles. The minimum absolute atomic E-state index is 0.265. The summed E-state index contributed by atoms with van der Waals surface area (Å²) < 4.78 is 12.0. The molecule has 0 aliphatic carbocycles. The highest BCUT2D eigenvalue weighted by Crippen LogP contribution is 2.26. The second-order valence-corrected chi connectivity index (χ2v) is 6.62. The second-order valence-electron chi connectivity index (χ2n) is 5.26. The molecule has 0 radical (unpaired) electrons. The van der Waals surface area contributed by atoms with Crippen molar-refractivity contribution in [2.24, 2.45) is 0 Å². The number of hydrogen-bond acceptors (Lipinski definition) is 7. The molecule has 4 aromatic rings. The van der Waals surface area contributed by atoms with E-state index in [1.807, 2.05) is 12.1 Å². The van der Waals surface area contributed by atoms with Gasteiger partial charge in [-0.25, -0.2) is 4.98 Å². The van der Waals surface area contributed by atoms with E-state index in [9.17, 15) is 4.79 Å². The fourth-order valence-corrected chi connectivity index (χ4v) is 3.14. The minimum Gasteiger partial charge on any atom is -0.411 e. The minimum atomic E-state index is -0.265. The quantitative estimate of drug-likeness (QED) is 0.504. The highest BCUT2D eigenvalue weighted by Gasteiger charge is 2.12. The first-order valence-electron chi connectivity index (χ1n) is 7.30. The van der Waals surface area contributed by atoms with Gasteiger partial charge in [-0.15, -0.1) is 14.8 Å². The molecule has 0 saturated carbocycles. The van der Waals surface area contributed by atoms with Crippen LogP contribution >= 0.6 is 23.4 Å². The summed E-state index contributed by atoms with van der Waals surface area (Å²) in [6.07, 6.45) is 0. The standard InChI is InChI=1S/C16H11ClN4O3S/c1-9-5-13-18-12(7-14(22)21(13)24-9)8-25-16-20-19-15(23-16)10-3-2-4-11(17)6-10/h2-7H,8H2,1H3. The van der Waals surface area contributed by atoms with Gasteiger partial charge in [-0.3, -0.25) is 4.79 Å². The highest BCUT2D eigenvalue weighted by atomic mass is 35.5. The molecule has 0 fully saturated rings. The van der Waals surface area contributed by atoms with E-state index in [0.717, 1.165) is 10.1 Å². The number of rotatable bonds is 4. The molecule has 4 rings (SSSR count). The lowest BCUT2D eigenvalue weighted by Crippen LogP contribution is -2.12. The second kappa shape index (κ2) is 6.38. The molecule has 3 heterocycles. The van der Waals surface area contributed by atoms with E-state index in [0.29, 0.717) is 39.0 Å². The summed E-state index contributed by atoms with van der Waals surface area (Å²) in [6.45, 7) is 1.76. The first-order chi connectivity index (χ1) is 12.1. The van der Waals surface area contributed by atoms with E-state index < -0.39 is 0 Å². The van der Waals surface area contributed by atoms with E-state index in [1.165, 1.54) is 17.8 Å². The summed E-state index contributed by atoms with van der Waals surface area (Å²) in [4.78, 5) is 16.4. The number of aromatic nitrogens is 4. The van der Waals surface area contributed by atoms with Gasteiger partial charge < -0.3 is 8.94 Å². The van der Waals surface area contributed by atoms with Crippen LogP contribution in [0, 0.1) is 6.92 Å². The van der Waals surface area contributed by atoms with Gasteiger partial charge in [-0.1, -0.05) is 29.4 Å². The maximum atomic E-state index is 12.0. The van der Waals surface area contributed by atoms with Crippen molar-refractivity contribution in [2.45, 2.75) is 17.9 Å². The first-order valence-corrected chi connectivity index (χ1v) is 8.67. The molecule has 25 heavy (non-hydrogen) atoms. The molecular weight excluding hydrogens is 364 g/mol. The molecule has 126 valence electrons. The van der Waals surface area contributed by atoms with Crippen molar-refractivity contribution in [1.82, 2.24) is 19.8 Å². The maximum absolute atomic E-state index is 12.0. The zero-order valence-electron chi connectivity index (χ0n) is 13.0. The third-order valence-corrected chi connectivity index (χ3v) is 4.43. The largest absolute Gasteiger partial charge is 0.411 e. The monoisotopic (exact) mass is 374 g/mol. The molecule has 0 atom stereocenters. The average Bonchev–Trinajstić information content (AvgIpc) is 3.19. The van der Waals surface area contributed by atoms with Crippen molar-refractivity contribution in [3.63, 3.8) is 0 Å². The van der Waals surface area contributed by atoms with Crippen LogP contribution in [-0.4, -0.2) is 19.8 Å². The molecule has 9 heteroatoms. The van der Waals surface area contributed by atoms with Crippen molar-refractivity contribution < 1.29 is 8.94 Å². The number of fused-ring (bicyclic) bond motifs is 1. The Morgan fingerprint density at radius 1 is 1.24 bits per heavy atom. The number of halogens is 1. The molecule has 0 N–H and O–H groups in total. The lowest BCUT2D eigenvalue weighted by molar-refractivity contribution is 0.344. The van der Waals surface area contributed by atoms with Gasteiger partial charge in [0.15, 0.2) is 5.65 Å². The predicted molar refractivity (Wildman–Crippen MR) is 92.8 cm³/mol. The van der Waals surface area contributed by atoms with Crippen LogP contribution in [0.1, 0.15) is 11.5 Å². The zero-order chi connectivity index (χ0) is 17.4. The van der Waals surface area contributed by atoms with E-state index in [1.54, 1.807) is 25.1 Å². The molecular formula is C16H11ClN4O3S. The number of nitrogens with zero attached hydrogens (tertiary/aromatic N) is 4. The van der Waals surface area contributed by atoms with Gasteiger partial charge in [-0.05, 0) is 25.1 Å². The summed E-state index contributed by atoms with van der Waals surface area (Å²) >= 11 is 7.27. The van der Waals surface area contributed by atoms with Crippen LogP contribution in [0.25, 0.3) is 17.1 Å². The Morgan fingerprint density at radius 2 is 2.12 bits per heavy atom. The highest BCUT2D eigenvalue weighted by molar-refractivity contribution is 7.98. The van der Waals surface area contributed by atoms with E-state index in [2.05, 4.69) is 15.2 Å². The van der Waals surface area contributed by atoms with E-state index in [4.69, 9.17) is 20.5 Å². The summed E-state index contributed by atoms with van der Waals surface area (Å²) in [5.41, 5.74) is 1.57. The van der Waals surface area contributed by atoms with Gasteiger partial charge in [0.1, 0.15) is 5.76 Å². The topological polar surface area (TPSA) is 86.4 Å². The summed E-state index contributed by atoms with van der Waals surface area (Å²) in [5.74, 6) is 1.43. The maximum Gasteiger partial charge on any atom is 0.287 e. The van der Waals surface area contributed by atoms with Crippen LogP contribution in [0.4, 0.5) is 0 Å². The lowest BCUT2D eigenvalue weighted by Gasteiger charge is -1.98. The van der Waals surface area contributed by atoms with E-state index in [-0.39, 0.29) is 5.56 Å². The Bertz CT molecular complexity index is 1120. The normalized spacial score (nSPS) is 11.3. The van der Waals surface area contributed by atoms with Gasteiger partial charge in [0.05, 0.1) is 5.69 Å². The summed E-state index contributed by atoms with van der Waals surface area (Å²) in [5, 5.41) is 9.00. The number of aryl methyl sites for hydroxylation is 1. The van der Waals surface area contributed by atoms with Crippen LogP contribution in [0.2, 0.25) is 5.02 Å². The zero-order valence-corrected chi connectivity index (χ0v) is 14.5. The third kappa shape index (κ3) is 3.31. The van der Waals surface area contributed by atoms with Crippen LogP contribution in [-0.2, 0) is 5.75 Å². The van der Waals surface area contributed by atoms with Gasteiger partial charge in [0.25, 0.3) is 10.8 Å². The average molecular weight is 375 g/mol. The third-order valence-electron chi connectivity index (χ3n) is 3.35. The molecule has 1 aromatic carbocycles. The van der Waals surface area contributed by atoms with Gasteiger partial charge in [-0.2, -0.15) is 0 Å². The van der Waals surface area contributed by atoms with Crippen LogP contribution in [0.5, 0.6) is 0 Å². The molecule has 0 spiro atoms. The van der Waals surface area contributed by atoms with Crippen molar-refractivity contribution >= 4 is 29.0 Å². The Balaban J connectivity index is 1.53. The molecule has 0 bridgehead atoms. The Kier molecular flexibility index (Phi) is 4.06. The molecule has 3 aromatic heterocycles. The molecule has 0 amide bonds. The smallest absolute Gasteiger partial charge is 0.287 e. The van der Waals surface area contributed by atoms with Crippen LogP contribution in [0.3, 0.4) is 0 Å². The van der Waals surface area contributed by atoms with Crippen LogP contribution < -0.4 is 5.56 Å². The first kappa shape index (κ1) is 15.9. The Morgan fingerprint density at radius 3 is 2.96 bits per heavy atom. The summed E-state index contributed by atoms with van der Waals surface area (Å²) in [6, 6.07) is 10.3.